The molecule has 1 aliphatic heterocycles. The van der Waals surface area contributed by atoms with Crippen LogP contribution in [0.3, 0.4) is 0 Å². The van der Waals surface area contributed by atoms with Gasteiger partial charge in [0.2, 0.25) is 0 Å². The van der Waals surface area contributed by atoms with Gasteiger partial charge in [0.1, 0.15) is 18.0 Å². The van der Waals surface area contributed by atoms with Crippen LogP contribution in [0.5, 0.6) is 5.75 Å². The van der Waals surface area contributed by atoms with E-state index in [1.807, 2.05) is 0 Å². The van der Waals surface area contributed by atoms with Crippen LogP contribution in [0.2, 0.25) is 5.02 Å². The third-order valence-corrected chi connectivity index (χ3v) is 5.02. The molecule has 5 nitrogen and oxygen atoms in total. The van der Waals surface area contributed by atoms with E-state index in [1.54, 1.807) is 25.2 Å². The molecule has 2 N–H and O–H groups in total. The largest absolute Gasteiger partial charge is 0.486 e. The first-order valence-corrected chi connectivity index (χ1v) is 8.10. The molecule has 19 heavy (non-hydrogen) atoms. The van der Waals surface area contributed by atoms with Crippen LogP contribution in [0.1, 0.15) is 5.56 Å². The van der Waals surface area contributed by atoms with Crippen LogP contribution in [0.4, 0.5) is 0 Å². The van der Waals surface area contributed by atoms with Crippen molar-refractivity contribution < 1.29 is 18.3 Å². The summed E-state index contributed by atoms with van der Waals surface area (Å²) < 4.78 is 28.5. The summed E-state index contributed by atoms with van der Waals surface area (Å²) in [5.41, 5.74) is 0.753. The lowest BCUT2D eigenvalue weighted by Crippen LogP contribution is -2.30. The number of sulfone groups is 1. The van der Waals surface area contributed by atoms with E-state index in [4.69, 9.17) is 16.3 Å². The summed E-state index contributed by atoms with van der Waals surface area (Å²) in [5.74, 6) is 0.0854. The Kier molecular flexibility index (Phi) is 4.35. The quantitative estimate of drug-likeness (QED) is 0.852. The number of ether oxygens (including phenoxy) is 1. The van der Waals surface area contributed by atoms with Crippen molar-refractivity contribution in [2.45, 2.75) is 18.8 Å². The van der Waals surface area contributed by atoms with Gasteiger partial charge in [0.05, 0.1) is 11.5 Å². The standard InChI is InChI=1S/C12H16ClNO4S/c1-14-5-8-9(13)3-2-4-11(8)18-12-7-19(16,17)6-10(12)15/h2-4,10,12,14-15H,5-7H2,1H3. The SMILES string of the molecule is CNCc1c(Cl)cccc1OC1CS(=O)(=O)CC1O. The summed E-state index contributed by atoms with van der Waals surface area (Å²) in [6, 6.07) is 5.19. The zero-order valence-electron chi connectivity index (χ0n) is 10.5. The fraction of sp³-hybridized carbons (Fsp3) is 0.500. The summed E-state index contributed by atoms with van der Waals surface area (Å²) in [7, 11) is -1.44. The molecule has 1 saturated heterocycles. The molecule has 1 aromatic carbocycles. The van der Waals surface area contributed by atoms with Crippen LogP contribution >= 0.6 is 11.6 Å². The molecule has 2 rings (SSSR count). The normalized spacial score (nSPS) is 25.4. The van der Waals surface area contributed by atoms with Crippen LogP contribution in [-0.2, 0) is 16.4 Å². The maximum Gasteiger partial charge on any atom is 0.156 e. The van der Waals surface area contributed by atoms with E-state index < -0.39 is 22.0 Å². The molecule has 106 valence electrons. The van der Waals surface area contributed by atoms with Crippen LogP contribution in [0.15, 0.2) is 18.2 Å². The highest BCUT2D eigenvalue weighted by Crippen LogP contribution is 2.29. The first-order valence-electron chi connectivity index (χ1n) is 5.90. The number of benzene rings is 1. The van der Waals surface area contributed by atoms with E-state index in [1.165, 1.54) is 0 Å². The zero-order chi connectivity index (χ0) is 14.0. The topological polar surface area (TPSA) is 75.6 Å². The molecule has 1 aromatic rings. The highest BCUT2D eigenvalue weighted by Gasteiger charge is 2.38. The average Bonchev–Trinajstić information content (AvgIpc) is 2.57. The van der Waals surface area contributed by atoms with Crippen molar-refractivity contribution in [2.24, 2.45) is 0 Å². The van der Waals surface area contributed by atoms with E-state index in [0.717, 1.165) is 5.56 Å². The van der Waals surface area contributed by atoms with Gasteiger partial charge in [-0.2, -0.15) is 0 Å². The molecule has 1 fully saturated rings. The summed E-state index contributed by atoms with van der Waals surface area (Å²) in [4.78, 5) is 0. The maximum absolute atomic E-state index is 11.4. The lowest BCUT2D eigenvalue weighted by Gasteiger charge is -2.19. The van der Waals surface area contributed by atoms with Crippen LogP contribution < -0.4 is 10.1 Å². The summed E-state index contributed by atoms with van der Waals surface area (Å²) in [6.07, 6.45) is -1.73. The first-order chi connectivity index (χ1) is 8.93. The number of aliphatic hydroxyl groups is 1. The van der Waals surface area contributed by atoms with Gasteiger partial charge in [0.15, 0.2) is 9.84 Å². The van der Waals surface area contributed by atoms with E-state index >= 15 is 0 Å². The van der Waals surface area contributed by atoms with Gasteiger partial charge in [0.25, 0.3) is 0 Å². The number of rotatable bonds is 4. The molecule has 2 atom stereocenters. The maximum atomic E-state index is 11.4. The Morgan fingerprint density at radius 2 is 2.21 bits per heavy atom. The molecule has 0 bridgehead atoms. The van der Waals surface area contributed by atoms with E-state index in [9.17, 15) is 13.5 Å². The third kappa shape index (κ3) is 3.39. The number of halogens is 1. The molecule has 7 heteroatoms. The van der Waals surface area contributed by atoms with Crippen molar-refractivity contribution in [3.05, 3.63) is 28.8 Å². The Morgan fingerprint density at radius 3 is 2.79 bits per heavy atom. The molecule has 1 aliphatic rings. The summed E-state index contributed by atoms with van der Waals surface area (Å²) in [6.45, 7) is 0.505. The lowest BCUT2D eigenvalue weighted by atomic mass is 10.2. The van der Waals surface area contributed by atoms with Crippen LogP contribution in [0.25, 0.3) is 0 Å². The number of hydrogen-bond donors (Lipinski definition) is 2. The highest BCUT2D eigenvalue weighted by atomic mass is 35.5. The molecule has 1 heterocycles. The van der Waals surface area contributed by atoms with Gasteiger partial charge >= 0.3 is 0 Å². The lowest BCUT2D eigenvalue weighted by molar-refractivity contribution is 0.0731. The van der Waals surface area contributed by atoms with Crippen molar-refractivity contribution in [1.82, 2.24) is 5.32 Å². The van der Waals surface area contributed by atoms with Crippen molar-refractivity contribution in [1.29, 1.82) is 0 Å². The van der Waals surface area contributed by atoms with E-state index in [-0.39, 0.29) is 11.5 Å². The van der Waals surface area contributed by atoms with Gasteiger partial charge in [0, 0.05) is 17.1 Å². The summed E-state index contributed by atoms with van der Waals surface area (Å²) in [5, 5.41) is 13.2. The van der Waals surface area contributed by atoms with Gasteiger partial charge in [-0.3, -0.25) is 0 Å². The Hall–Kier alpha value is -0.820. The van der Waals surface area contributed by atoms with Gasteiger partial charge in [-0.05, 0) is 19.2 Å². The van der Waals surface area contributed by atoms with Crippen LogP contribution in [-0.4, -0.2) is 44.3 Å². The molecule has 0 spiro atoms. The molecular weight excluding hydrogens is 290 g/mol. The molecule has 0 aliphatic carbocycles. The number of hydrogen-bond acceptors (Lipinski definition) is 5. The second kappa shape index (κ2) is 5.66. The molecular formula is C12H16ClNO4S. The van der Waals surface area contributed by atoms with Gasteiger partial charge in [-0.25, -0.2) is 8.42 Å². The number of nitrogens with one attached hydrogen (secondary N) is 1. The summed E-state index contributed by atoms with van der Waals surface area (Å²) >= 11 is 6.09. The Bertz CT molecular complexity index is 561. The molecule has 0 aromatic heterocycles. The molecule has 0 saturated carbocycles. The minimum absolute atomic E-state index is 0.167. The fourth-order valence-corrected chi connectivity index (χ4v) is 3.96. The van der Waals surface area contributed by atoms with Crippen LogP contribution in [0, 0.1) is 0 Å². The molecule has 0 radical (unpaired) electrons. The van der Waals surface area contributed by atoms with Crippen molar-refractivity contribution in [3.63, 3.8) is 0 Å². The third-order valence-electron chi connectivity index (χ3n) is 2.98. The minimum Gasteiger partial charge on any atom is -0.486 e. The molecule has 0 amide bonds. The van der Waals surface area contributed by atoms with E-state index in [0.29, 0.717) is 17.3 Å². The highest BCUT2D eigenvalue weighted by molar-refractivity contribution is 7.91. The van der Waals surface area contributed by atoms with Crippen molar-refractivity contribution in [2.75, 3.05) is 18.6 Å². The second-order valence-corrected chi connectivity index (χ2v) is 7.11. The predicted molar refractivity (Wildman–Crippen MR) is 73.3 cm³/mol. The first kappa shape index (κ1) is 14.6. The smallest absolute Gasteiger partial charge is 0.156 e. The van der Waals surface area contributed by atoms with Crippen molar-refractivity contribution >= 4 is 21.4 Å². The Morgan fingerprint density at radius 1 is 1.47 bits per heavy atom. The van der Waals surface area contributed by atoms with E-state index in [2.05, 4.69) is 5.32 Å². The van der Waals surface area contributed by atoms with Gasteiger partial charge in [-0.1, -0.05) is 17.7 Å². The van der Waals surface area contributed by atoms with Gasteiger partial charge in [-0.15, -0.1) is 0 Å². The molecule has 2 unspecified atom stereocenters. The predicted octanol–water partition coefficient (Wildman–Crippen LogP) is 0.596. The zero-order valence-corrected chi connectivity index (χ0v) is 12.0. The Balaban J connectivity index is 2.22. The minimum atomic E-state index is -3.22. The van der Waals surface area contributed by atoms with Crippen molar-refractivity contribution in [3.8, 4) is 5.75 Å². The number of aliphatic hydroxyl groups excluding tert-OH is 1. The second-order valence-electron chi connectivity index (χ2n) is 4.55. The Labute approximate surface area is 117 Å². The average molecular weight is 306 g/mol. The van der Waals surface area contributed by atoms with Gasteiger partial charge < -0.3 is 15.2 Å². The fourth-order valence-electron chi connectivity index (χ4n) is 2.07. The monoisotopic (exact) mass is 305 g/mol.